The molecule has 1 amide bonds. The number of nitrogens with zero attached hydrogens (tertiary/aromatic N) is 5. The Morgan fingerprint density at radius 1 is 1.44 bits per heavy atom. The van der Waals surface area contributed by atoms with Crippen LogP contribution in [0.5, 0.6) is 0 Å². The van der Waals surface area contributed by atoms with E-state index in [4.69, 9.17) is 5.84 Å². The molecule has 3 N–H and O–H groups in total. The van der Waals surface area contributed by atoms with Crippen LogP contribution in [0.4, 0.5) is 10.8 Å². The van der Waals surface area contributed by atoms with Crippen LogP contribution < -0.4 is 11.2 Å². The predicted octanol–water partition coefficient (Wildman–Crippen LogP) is 2.32. The zero-order chi connectivity index (χ0) is 19.4. The van der Waals surface area contributed by atoms with Crippen molar-refractivity contribution in [2.24, 2.45) is 0 Å². The number of hydrogen-bond acceptors (Lipinski definition) is 9. The third-order valence-corrected chi connectivity index (χ3v) is 5.19. The number of aryl methyl sites for hydroxylation is 1. The molecule has 0 bridgehead atoms. The van der Waals surface area contributed by atoms with E-state index in [9.17, 15) is 14.9 Å². The maximum atomic E-state index is 12.1. The normalized spacial score (nSPS) is 10.7. The van der Waals surface area contributed by atoms with Crippen LogP contribution in [-0.4, -0.2) is 36.4 Å². The van der Waals surface area contributed by atoms with E-state index in [0.717, 1.165) is 0 Å². The Morgan fingerprint density at radius 3 is 2.96 bits per heavy atom. The fourth-order valence-corrected chi connectivity index (χ4v) is 3.59. The average molecular weight is 405 g/mol. The maximum Gasteiger partial charge on any atom is 0.270 e. The summed E-state index contributed by atoms with van der Waals surface area (Å²) in [7, 11) is 0. The lowest BCUT2D eigenvalue weighted by atomic mass is 10.1. The molecule has 2 heterocycles. The van der Waals surface area contributed by atoms with Gasteiger partial charge in [0.15, 0.2) is 11.0 Å². The molecular formula is C15H15N7O3S2. The van der Waals surface area contributed by atoms with E-state index in [1.807, 2.05) is 6.92 Å². The van der Waals surface area contributed by atoms with Gasteiger partial charge in [-0.2, -0.15) is 0 Å². The van der Waals surface area contributed by atoms with E-state index in [1.54, 1.807) is 17.5 Å². The number of rotatable bonds is 7. The monoisotopic (exact) mass is 405 g/mol. The van der Waals surface area contributed by atoms with Crippen molar-refractivity contribution in [2.45, 2.75) is 18.5 Å². The maximum absolute atomic E-state index is 12.1. The number of nitrogens with one attached hydrogen (secondary N) is 1. The van der Waals surface area contributed by atoms with Crippen LogP contribution in [0.2, 0.25) is 0 Å². The predicted molar refractivity (Wildman–Crippen MR) is 103 cm³/mol. The largest absolute Gasteiger partial charge is 0.336 e. The van der Waals surface area contributed by atoms with Gasteiger partial charge in [-0.05, 0) is 0 Å². The van der Waals surface area contributed by atoms with E-state index in [1.165, 1.54) is 39.9 Å². The molecule has 10 nitrogen and oxygen atoms in total. The molecule has 0 radical (unpaired) electrons. The number of aromatic nitrogens is 4. The third-order valence-electron chi connectivity index (χ3n) is 3.49. The Balaban J connectivity index is 1.61. The summed E-state index contributed by atoms with van der Waals surface area (Å²) in [4.78, 5) is 26.8. The second-order valence-corrected chi connectivity index (χ2v) is 7.11. The van der Waals surface area contributed by atoms with E-state index in [-0.39, 0.29) is 17.3 Å². The fourth-order valence-electron chi connectivity index (χ4n) is 2.17. The first-order valence-electron chi connectivity index (χ1n) is 7.80. The average Bonchev–Trinajstić information content (AvgIpc) is 3.26. The summed E-state index contributed by atoms with van der Waals surface area (Å²) in [6.45, 7) is 1.91. The summed E-state index contributed by atoms with van der Waals surface area (Å²) < 4.78 is 1.36. The minimum absolute atomic E-state index is 0.0140. The highest BCUT2D eigenvalue weighted by atomic mass is 32.2. The van der Waals surface area contributed by atoms with Crippen molar-refractivity contribution in [1.29, 1.82) is 0 Å². The molecule has 0 aliphatic heterocycles. The highest BCUT2D eigenvalue weighted by Crippen LogP contribution is 2.27. The van der Waals surface area contributed by atoms with Gasteiger partial charge in [0.2, 0.25) is 11.1 Å². The van der Waals surface area contributed by atoms with Crippen molar-refractivity contribution in [3.05, 3.63) is 45.6 Å². The number of amides is 1. The Kier molecular flexibility index (Phi) is 5.66. The van der Waals surface area contributed by atoms with Crippen molar-refractivity contribution < 1.29 is 9.72 Å². The van der Waals surface area contributed by atoms with Gasteiger partial charge in [0.1, 0.15) is 0 Å². The molecule has 0 atom stereocenters. The van der Waals surface area contributed by atoms with Crippen molar-refractivity contribution in [3.63, 3.8) is 0 Å². The highest BCUT2D eigenvalue weighted by Gasteiger charge is 2.14. The van der Waals surface area contributed by atoms with Gasteiger partial charge in [0.25, 0.3) is 5.69 Å². The Labute approximate surface area is 161 Å². The van der Waals surface area contributed by atoms with Crippen LogP contribution in [0.25, 0.3) is 11.3 Å². The third kappa shape index (κ3) is 4.41. The van der Waals surface area contributed by atoms with Crippen LogP contribution in [0, 0.1) is 10.1 Å². The zero-order valence-electron chi connectivity index (χ0n) is 14.2. The number of hydrogen-bond donors (Lipinski definition) is 2. The van der Waals surface area contributed by atoms with E-state index >= 15 is 0 Å². The molecule has 2 aromatic heterocycles. The first-order valence-corrected chi connectivity index (χ1v) is 9.66. The SMILES string of the molecule is CCc1nnc(SCC(=O)Nc2nc(-c3cccc([N+](=O)[O-])c3)cs2)n1N. The van der Waals surface area contributed by atoms with Gasteiger partial charge in [-0.3, -0.25) is 14.9 Å². The van der Waals surface area contributed by atoms with Gasteiger partial charge in [-0.25, -0.2) is 9.66 Å². The minimum atomic E-state index is -0.462. The molecule has 0 fully saturated rings. The molecule has 0 unspecified atom stereocenters. The van der Waals surface area contributed by atoms with Crippen LogP contribution in [0.3, 0.4) is 0 Å². The number of thioether (sulfide) groups is 1. The van der Waals surface area contributed by atoms with E-state index < -0.39 is 4.92 Å². The smallest absolute Gasteiger partial charge is 0.270 e. The second kappa shape index (κ2) is 8.14. The summed E-state index contributed by atoms with van der Waals surface area (Å²) in [5, 5.41) is 24.0. The van der Waals surface area contributed by atoms with Gasteiger partial charge in [0.05, 0.1) is 16.4 Å². The summed E-state index contributed by atoms with van der Waals surface area (Å²) >= 11 is 2.41. The molecule has 0 aliphatic carbocycles. The quantitative estimate of drug-likeness (QED) is 0.264. The topological polar surface area (TPSA) is 142 Å². The molecule has 140 valence electrons. The van der Waals surface area contributed by atoms with Crippen molar-refractivity contribution in [3.8, 4) is 11.3 Å². The van der Waals surface area contributed by atoms with Gasteiger partial charge in [-0.1, -0.05) is 30.8 Å². The van der Waals surface area contributed by atoms with Crippen LogP contribution in [0.1, 0.15) is 12.7 Å². The fraction of sp³-hybridized carbons (Fsp3) is 0.200. The molecule has 0 saturated heterocycles. The molecule has 0 spiro atoms. The Hall–Kier alpha value is -2.99. The number of non-ortho nitro benzene ring substituents is 1. The summed E-state index contributed by atoms with van der Waals surface area (Å²) in [5.74, 6) is 6.31. The van der Waals surface area contributed by atoms with Gasteiger partial charge >= 0.3 is 0 Å². The Morgan fingerprint density at radius 2 is 2.26 bits per heavy atom. The molecule has 0 aliphatic rings. The van der Waals surface area contributed by atoms with Crippen molar-refractivity contribution in [1.82, 2.24) is 19.9 Å². The lowest BCUT2D eigenvalue weighted by Gasteiger charge is -2.02. The van der Waals surface area contributed by atoms with E-state index in [2.05, 4.69) is 20.5 Å². The molecule has 3 rings (SSSR count). The summed E-state index contributed by atoms with van der Waals surface area (Å²) in [5.41, 5.74) is 1.15. The van der Waals surface area contributed by atoms with Crippen LogP contribution >= 0.6 is 23.1 Å². The lowest BCUT2D eigenvalue weighted by Crippen LogP contribution is -2.17. The van der Waals surface area contributed by atoms with Crippen molar-refractivity contribution >= 4 is 39.8 Å². The molecule has 1 aromatic carbocycles. The number of anilines is 1. The number of benzene rings is 1. The molecule has 3 aromatic rings. The first kappa shape index (κ1) is 18.8. The number of carbonyl (C=O) groups excluding carboxylic acids is 1. The van der Waals surface area contributed by atoms with Gasteiger partial charge in [-0.15, -0.1) is 21.5 Å². The molecule has 0 saturated carbocycles. The number of thiazole rings is 1. The lowest BCUT2D eigenvalue weighted by molar-refractivity contribution is -0.384. The summed E-state index contributed by atoms with van der Waals surface area (Å²) in [6, 6.07) is 6.17. The van der Waals surface area contributed by atoms with E-state index in [0.29, 0.717) is 33.8 Å². The Bertz CT molecular complexity index is 985. The number of nitro groups is 1. The number of carbonyl (C=O) groups is 1. The zero-order valence-corrected chi connectivity index (χ0v) is 15.8. The van der Waals surface area contributed by atoms with Crippen molar-refractivity contribution in [2.75, 3.05) is 16.9 Å². The number of nitro benzene ring substituents is 1. The van der Waals surface area contributed by atoms with Gasteiger partial charge < -0.3 is 11.2 Å². The minimum Gasteiger partial charge on any atom is -0.336 e. The van der Waals surface area contributed by atoms with Gasteiger partial charge in [0, 0.05) is 29.5 Å². The number of nitrogens with two attached hydrogens (primary N) is 1. The highest BCUT2D eigenvalue weighted by molar-refractivity contribution is 7.99. The first-order chi connectivity index (χ1) is 13.0. The standard InChI is InChI=1S/C15H15N7O3S2/c1-2-12-19-20-15(21(12)16)27-8-13(23)18-14-17-11(7-26-14)9-4-3-5-10(6-9)22(24)25/h3-7H,2,8,16H2,1H3,(H,17,18,23). The second-order valence-electron chi connectivity index (χ2n) is 5.30. The molecular weight excluding hydrogens is 390 g/mol. The molecule has 27 heavy (non-hydrogen) atoms. The summed E-state index contributed by atoms with van der Waals surface area (Å²) in [6.07, 6.45) is 0.649. The van der Waals surface area contributed by atoms with Crippen LogP contribution in [0.15, 0.2) is 34.8 Å². The molecule has 12 heteroatoms. The number of nitrogen functional groups attached to an aromatic ring is 1. The van der Waals surface area contributed by atoms with Crippen LogP contribution in [-0.2, 0) is 11.2 Å².